The number of nitrogens with one attached hydrogen (secondary N) is 1. The standard InChI is InChI=1S/C14H13F6NO/c1-2-3-4-12(22)21-8-9-5-10(13(15,16)17)7-11(6-9)14(18,19)20/h2,5-7H,1,3-4,8H2,(H,21,22). The van der Waals surface area contributed by atoms with Crippen molar-refractivity contribution in [1.29, 1.82) is 0 Å². The average molecular weight is 325 g/mol. The SMILES string of the molecule is C=CCCC(=O)NCc1cc(C(F)(F)F)cc(C(F)(F)F)c1. The zero-order chi connectivity index (χ0) is 17.0. The summed E-state index contributed by atoms with van der Waals surface area (Å²) in [6.45, 7) is 2.98. The average Bonchev–Trinajstić information content (AvgIpc) is 2.40. The molecule has 0 aliphatic rings. The molecule has 8 heteroatoms. The number of benzene rings is 1. The number of allylic oxidation sites excluding steroid dienone is 1. The van der Waals surface area contributed by atoms with Crippen LogP contribution in [0.5, 0.6) is 0 Å². The first-order valence-corrected chi connectivity index (χ1v) is 6.20. The van der Waals surface area contributed by atoms with Gasteiger partial charge in [0.1, 0.15) is 0 Å². The van der Waals surface area contributed by atoms with Crippen molar-refractivity contribution < 1.29 is 31.1 Å². The van der Waals surface area contributed by atoms with Crippen LogP contribution in [-0.2, 0) is 23.7 Å². The lowest BCUT2D eigenvalue weighted by molar-refractivity contribution is -0.143. The van der Waals surface area contributed by atoms with E-state index < -0.39 is 35.9 Å². The molecular formula is C14H13F6NO. The predicted molar refractivity (Wildman–Crippen MR) is 67.7 cm³/mol. The highest BCUT2D eigenvalue weighted by Crippen LogP contribution is 2.36. The minimum absolute atomic E-state index is 0.0447. The van der Waals surface area contributed by atoms with E-state index in [0.29, 0.717) is 18.6 Å². The highest BCUT2D eigenvalue weighted by Gasteiger charge is 2.36. The van der Waals surface area contributed by atoms with Crippen molar-refractivity contribution in [2.75, 3.05) is 0 Å². The number of carbonyl (C=O) groups is 1. The van der Waals surface area contributed by atoms with Crippen LogP contribution in [-0.4, -0.2) is 5.91 Å². The quantitative estimate of drug-likeness (QED) is 0.634. The smallest absolute Gasteiger partial charge is 0.352 e. The number of hydrogen-bond acceptors (Lipinski definition) is 1. The Kier molecular flexibility index (Phi) is 5.62. The van der Waals surface area contributed by atoms with Gasteiger partial charge in [-0.05, 0) is 30.2 Å². The molecule has 0 aliphatic heterocycles. The Morgan fingerprint density at radius 1 is 1.05 bits per heavy atom. The number of carbonyl (C=O) groups excluding carboxylic acids is 1. The maximum atomic E-state index is 12.6. The van der Waals surface area contributed by atoms with E-state index in [1.54, 1.807) is 0 Å². The van der Waals surface area contributed by atoms with Crippen molar-refractivity contribution in [1.82, 2.24) is 5.32 Å². The molecule has 0 heterocycles. The van der Waals surface area contributed by atoms with Gasteiger partial charge >= 0.3 is 12.4 Å². The number of halogens is 6. The van der Waals surface area contributed by atoms with Gasteiger partial charge in [0.25, 0.3) is 0 Å². The molecule has 0 radical (unpaired) electrons. The molecule has 0 spiro atoms. The van der Waals surface area contributed by atoms with Crippen LogP contribution in [0.2, 0.25) is 0 Å². The van der Waals surface area contributed by atoms with Crippen molar-refractivity contribution in [3.8, 4) is 0 Å². The Bertz CT molecular complexity index is 515. The van der Waals surface area contributed by atoms with E-state index in [1.165, 1.54) is 6.08 Å². The largest absolute Gasteiger partial charge is 0.416 e. The first kappa shape index (κ1) is 18.1. The monoisotopic (exact) mass is 325 g/mol. The highest BCUT2D eigenvalue weighted by atomic mass is 19.4. The van der Waals surface area contributed by atoms with E-state index in [2.05, 4.69) is 11.9 Å². The van der Waals surface area contributed by atoms with Crippen molar-refractivity contribution in [3.05, 3.63) is 47.5 Å². The van der Waals surface area contributed by atoms with Crippen molar-refractivity contribution in [2.24, 2.45) is 0 Å². The van der Waals surface area contributed by atoms with Gasteiger partial charge in [-0.15, -0.1) is 6.58 Å². The molecule has 0 aromatic heterocycles. The Labute approximate surface area is 122 Å². The van der Waals surface area contributed by atoms with E-state index >= 15 is 0 Å². The van der Waals surface area contributed by atoms with Crippen molar-refractivity contribution in [3.63, 3.8) is 0 Å². The zero-order valence-corrected chi connectivity index (χ0v) is 11.3. The fourth-order valence-corrected chi connectivity index (χ4v) is 1.64. The van der Waals surface area contributed by atoms with Gasteiger partial charge in [0.15, 0.2) is 0 Å². The predicted octanol–water partition coefficient (Wildman–Crippen LogP) is 4.31. The third-order valence-electron chi connectivity index (χ3n) is 2.71. The van der Waals surface area contributed by atoms with Crippen LogP contribution >= 0.6 is 0 Å². The fraction of sp³-hybridized carbons (Fsp3) is 0.357. The molecular weight excluding hydrogens is 312 g/mol. The summed E-state index contributed by atoms with van der Waals surface area (Å²) in [5.41, 5.74) is -3.08. The van der Waals surface area contributed by atoms with E-state index in [-0.39, 0.29) is 18.1 Å². The molecule has 0 atom stereocenters. The topological polar surface area (TPSA) is 29.1 Å². The lowest BCUT2D eigenvalue weighted by Gasteiger charge is -2.14. The first-order valence-electron chi connectivity index (χ1n) is 6.20. The Morgan fingerprint density at radius 2 is 1.55 bits per heavy atom. The molecule has 0 aliphatic carbocycles. The van der Waals surface area contributed by atoms with Crippen molar-refractivity contribution in [2.45, 2.75) is 31.7 Å². The van der Waals surface area contributed by atoms with Crippen LogP contribution in [0.25, 0.3) is 0 Å². The molecule has 1 aromatic carbocycles. The van der Waals surface area contributed by atoms with Gasteiger partial charge in [-0.1, -0.05) is 6.08 Å². The third kappa shape index (κ3) is 5.42. The summed E-state index contributed by atoms with van der Waals surface area (Å²) in [5.74, 6) is -0.481. The molecule has 1 rings (SSSR count). The summed E-state index contributed by atoms with van der Waals surface area (Å²) in [5, 5.41) is 2.27. The molecule has 122 valence electrons. The molecule has 0 fully saturated rings. The molecule has 2 nitrogen and oxygen atoms in total. The number of amides is 1. The highest BCUT2D eigenvalue weighted by molar-refractivity contribution is 5.76. The van der Waals surface area contributed by atoms with Gasteiger partial charge in [0.05, 0.1) is 11.1 Å². The Balaban J connectivity index is 2.99. The van der Waals surface area contributed by atoms with E-state index in [1.807, 2.05) is 0 Å². The summed E-state index contributed by atoms with van der Waals surface area (Å²) in [4.78, 5) is 11.3. The van der Waals surface area contributed by atoms with Crippen LogP contribution in [0.1, 0.15) is 29.5 Å². The van der Waals surface area contributed by atoms with Gasteiger partial charge in [-0.3, -0.25) is 4.79 Å². The molecule has 22 heavy (non-hydrogen) atoms. The fourth-order valence-electron chi connectivity index (χ4n) is 1.64. The lowest BCUT2D eigenvalue weighted by atomic mass is 10.0. The third-order valence-corrected chi connectivity index (χ3v) is 2.71. The summed E-state index contributed by atoms with van der Waals surface area (Å²) in [7, 11) is 0. The van der Waals surface area contributed by atoms with Crippen molar-refractivity contribution >= 4 is 5.91 Å². The lowest BCUT2D eigenvalue weighted by Crippen LogP contribution is -2.23. The molecule has 0 saturated heterocycles. The zero-order valence-electron chi connectivity index (χ0n) is 11.3. The molecule has 0 saturated carbocycles. The molecule has 1 aromatic rings. The summed E-state index contributed by atoms with van der Waals surface area (Å²) < 4.78 is 75.8. The summed E-state index contributed by atoms with van der Waals surface area (Å²) >= 11 is 0. The van der Waals surface area contributed by atoms with Gasteiger partial charge < -0.3 is 5.32 Å². The van der Waals surface area contributed by atoms with E-state index in [4.69, 9.17) is 0 Å². The van der Waals surface area contributed by atoms with Crippen LogP contribution in [0.4, 0.5) is 26.3 Å². The maximum Gasteiger partial charge on any atom is 0.416 e. The second-order valence-corrected chi connectivity index (χ2v) is 4.52. The molecule has 0 unspecified atom stereocenters. The van der Waals surface area contributed by atoms with Crippen LogP contribution in [0, 0.1) is 0 Å². The van der Waals surface area contributed by atoms with Crippen LogP contribution in [0.15, 0.2) is 30.9 Å². The number of alkyl halides is 6. The van der Waals surface area contributed by atoms with Gasteiger partial charge in [0.2, 0.25) is 5.91 Å². The van der Waals surface area contributed by atoms with Gasteiger partial charge in [-0.2, -0.15) is 26.3 Å². The minimum atomic E-state index is -4.90. The first-order chi connectivity index (χ1) is 10.0. The van der Waals surface area contributed by atoms with Crippen LogP contribution < -0.4 is 5.32 Å². The second kappa shape index (κ2) is 6.85. The molecule has 1 amide bonds. The number of hydrogen-bond donors (Lipinski definition) is 1. The van der Waals surface area contributed by atoms with Gasteiger partial charge in [-0.25, -0.2) is 0 Å². The maximum absolute atomic E-state index is 12.6. The summed E-state index contributed by atoms with van der Waals surface area (Å²) in [6, 6.07) is 1.22. The van der Waals surface area contributed by atoms with E-state index in [0.717, 1.165) is 0 Å². The van der Waals surface area contributed by atoms with Gasteiger partial charge in [0, 0.05) is 13.0 Å². The van der Waals surface area contributed by atoms with Crippen LogP contribution in [0.3, 0.4) is 0 Å². The molecule has 1 N–H and O–H groups in total. The summed E-state index contributed by atoms with van der Waals surface area (Å²) in [6.07, 6.45) is -7.89. The minimum Gasteiger partial charge on any atom is -0.352 e. The van der Waals surface area contributed by atoms with E-state index in [9.17, 15) is 31.1 Å². The Hall–Kier alpha value is -1.99. The second-order valence-electron chi connectivity index (χ2n) is 4.52. The molecule has 0 bridgehead atoms. The number of rotatable bonds is 5. The normalized spacial score (nSPS) is 12.1. The Morgan fingerprint density at radius 3 is 1.95 bits per heavy atom.